The van der Waals surface area contributed by atoms with Gasteiger partial charge in [-0.1, -0.05) is 12.1 Å². The lowest BCUT2D eigenvalue weighted by atomic mass is 10.1. The molecule has 0 aliphatic heterocycles. The van der Waals surface area contributed by atoms with E-state index < -0.39 is 0 Å². The minimum absolute atomic E-state index is 0.0229. The summed E-state index contributed by atoms with van der Waals surface area (Å²) >= 11 is 0. The second-order valence-corrected chi connectivity index (χ2v) is 3.50. The SMILES string of the molecule is COc1ccccc1C(=O)Cn1cnc(C#N)n1. The Hall–Kier alpha value is -2.68. The molecular formula is C12H10N4O2. The van der Waals surface area contributed by atoms with Crippen LogP contribution in [-0.2, 0) is 6.54 Å². The average molecular weight is 242 g/mol. The Morgan fingerprint density at radius 2 is 2.28 bits per heavy atom. The zero-order valence-electron chi connectivity index (χ0n) is 9.70. The molecule has 18 heavy (non-hydrogen) atoms. The van der Waals surface area contributed by atoms with Gasteiger partial charge in [-0.2, -0.15) is 5.26 Å². The van der Waals surface area contributed by atoms with E-state index in [9.17, 15) is 4.79 Å². The highest BCUT2D eigenvalue weighted by Gasteiger charge is 2.12. The summed E-state index contributed by atoms with van der Waals surface area (Å²) in [6.45, 7) is 0.0229. The average Bonchev–Trinajstić information content (AvgIpc) is 2.86. The second kappa shape index (κ2) is 5.10. The Bertz CT molecular complexity index is 613. The lowest BCUT2D eigenvalue weighted by Gasteiger charge is -2.06. The van der Waals surface area contributed by atoms with Crippen molar-refractivity contribution in [2.45, 2.75) is 6.54 Å². The van der Waals surface area contributed by atoms with E-state index in [4.69, 9.17) is 10.00 Å². The fourth-order valence-electron chi connectivity index (χ4n) is 1.53. The van der Waals surface area contributed by atoms with Gasteiger partial charge in [0.05, 0.1) is 12.7 Å². The predicted octanol–water partition coefficient (Wildman–Crippen LogP) is 1.04. The summed E-state index contributed by atoms with van der Waals surface area (Å²) in [5.74, 6) is 0.410. The van der Waals surface area contributed by atoms with Crippen LogP contribution in [0.2, 0.25) is 0 Å². The Balaban J connectivity index is 2.19. The summed E-state index contributed by atoms with van der Waals surface area (Å²) in [7, 11) is 1.51. The van der Waals surface area contributed by atoms with E-state index in [-0.39, 0.29) is 18.2 Å². The number of rotatable bonds is 4. The molecule has 0 aliphatic carbocycles. The molecule has 2 rings (SSSR count). The number of Topliss-reactive ketones (excluding diaryl/α,β-unsaturated/α-hetero) is 1. The Kier molecular flexibility index (Phi) is 3.34. The molecule has 0 radical (unpaired) electrons. The molecule has 1 heterocycles. The molecule has 0 spiro atoms. The normalized spacial score (nSPS) is 9.78. The van der Waals surface area contributed by atoms with Crippen LogP contribution in [0.1, 0.15) is 16.2 Å². The molecule has 6 heteroatoms. The first-order chi connectivity index (χ1) is 8.74. The van der Waals surface area contributed by atoms with Crippen LogP contribution in [0.4, 0.5) is 0 Å². The molecule has 0 aliphatic rings. The molecule has 0 bridgehead atoms. The van der Waals surface area contributed by atoms with Crippen LogP contribution in [0.5, 0.6) is 5.75 Å². The molecule has 1 aromatic carbocycles. The van der Waals surface area contributed by atoms with Crippen molar-refractivity contribution in [3.8, 4) is 11.8 Å². The van der Waals surface area contributed by atoms with Crippen molar-refractivity contribution in [2.24, 2.45) is 0 Å². The summed E-state index contributed by atoms with van der Waals surface area (Å²) in [4.78, 5) is 15.8. The van der Waals surface area contributed by atoms with Crippen molar-refractivity contribution in [2.75, 3.05) is 7.11 Å². The number of hydrogen-bond acceptors (Lipinski definition) is 5. The van der Waals surface area contributed by atoms with E-state index in [2.05, 4.69) is 10.1 Å². The first-order valence-corrected chi connectivity index (χ1v) is 5.20. The van der Waals surface area contributed by atoms with E-state index >= 15 is 0 Å². The molecule has 0 saturated heterocycles. The van der Waals surface area contributed by atoms with Gasteiger partial charge in [0.25, 0.3) is 5.82 Å². The van der Waals surface area contributed by atoms with E-state index in [1.54, 1.807) is 30.3 Å². The minimum Gasteiger partial charge on any atom is -0.496 e. The number of hydrogen-bond donors (Lipinski definition) is 0. The third-order valence-electron chi connectivity index (χ3n) is 2.35. The number of nitriles is 1. The summed E-state index contributed by atoms with van der Waals surface area (Å²) in [5.41, 5.74) is 0.481. The van der Waals surface area contributed by atoms with E-state index in [1.807, 2.05) is 0 Å². The van der Waals surface area contributed by atoms with Crippen molar-refractivity contribution in [3.63, 3.8) is 0 Å². The molecule has 0 N–H and O–H groups in total. The van der Waals surface area contributed by atoms with Gasteiger partial charge in [-0.15, -0.1) is 5.10 Å². The monoisotopic (exact) mass is 242 g/mol. The zero-order chi connectivity index (χ0) is 13.0. The fourth-order valence-corrected chi connectivity index (χ4v) is 1.53. The van der Waals surface area contributed by atoms with Gasteiger partial charge in [-0.05, 0) is 12.1 Å². The number of para-hydroxylation sites is 1. The van der Waals surface area contributed by atoms with Crippen LogP contribution in [0.15, 0.2) is 30.6 Å². The fraction of sp³-hybridized carbons (Fsp3) is 0.167. The van der Waals surface area contributed by atoms with Gasteiger partial charge in [0, 0.05) is 0 Å². The Morgan fingerprint density at radius 1 is 1.50 bits per heavy atom. The first kappa shape index (κ1) is 11.8. The van der Waals surface area contributed by atoms with Crippen LogP contribution in [0, 0.1) is 11.3 Å². The molecule has 6 nitrogen and oxygen atoms in total. The van der Waals surface area contributed by atoms with Crippen molar-refractivity contribution in [1.29, 1.82) is 5.26 Å². The van der Waals surface area contributed by atoms with E-state index in [1.165, 1.54) is 18.1 Å². The smallest absolute Gasteiger partial charge is 0.252 e. The highest BCUT2D eigenvalue weighted by atomic mass is 16.5. The Labute approximate surface area is 103 Å². The number of benzene rings is 1. The molecular weight excluding hydrogens is 232 g/mol. The van der Waals surface area contributed by atoms with Crippen LogP contribution in [0.3, 0.4) is 0 Å². The number of aromatic nitrogens is 3. The van der Waals surface area contributed by atoms with Crippen molar-refractivity contribution >= 4 is 5.78 Å². The number of carbonyl (C=O) groups is 1. The van der Waals surface area contributed by atoms with Gasteiger partial charge in [0.15, 0.2) is 5.78 Å². The highest BCUT2D eigenvalue weighted by Crippen LogP contribution is 2.18. The van der Waals surface area contributed by atoms with Gasteiger partial charge in [0.1, 0.15) is 24.7 Å². The largest absolute Gasteiger partial charge is 0.496 e. The predicted molar refractivity (Wildman–Crippen MR) is 62.1 cm³/mol. The van der Waals surface area contributed by atoms with Crippen molar-refractivity contribution in [1.82, 2.24) is 14.8 Å². The highest BCUT2D eigenvalue weighted by molar-refractivity contribution is 5.98. The summed E-state index contributed by atoms with van der Waals surface area (Å²) < 4.78 is 6.44. The number of ether oxygens (including phenoxy) is 1. The van der Waals surface area contributed by atoms with Crippen LogP contribution < -0.4 is 4.74 Å². The third-order valence-corrected chi connectivity index (χ3v) is 2.35. The Morgan fingerprint density at radius 3 is 2.94 bits per heavy atom. The maximum absolute atomic E-state index is 12.0. The summed E-state index contributed by atoms with van der Waals surface area (Å²) in [6, 6.07) is 8.76. The standard InChI is InChI=1S/C12H10N4O2/c1-18-11-5-3-2-4-9(11)10(17)7-16-8-14-12(6-13)15-16/h2-5,8H,7H2,1H3. The van der Waals surface area contributed by atoms with Gasteiger partial charge < -0.3 is 4.74 Å². The van der Waals surface area contributed by atoms with Crippen molar-refractivity contribution in [3.05, 3.63) is 42.0 Å². The summed E-state index contributed by atoms with van der Waals surface area (Å²) in [5, 5.41) is 12.4. The lowest BCUT2D eigenvalue weighted by Crippen LogP contribution is -2.12. The topological polar surface area (TPSA) is 80.8 Å². The molecule has 0 fully saturated rings. The van der Waals surface area contributed by atoms with E-state index in [0.29, 0.717) is 11.3 Å². The number of nitrogens with zero attached hydrogens (tertiary/aromatic N) is 4. The first-order valence-electron chi connectivity index (χ1n) is 5.20. The third kappa shape index (κ3) is 2.35. The molecule has 0 atom stereocenters. The molecule has 0 unspecified atom stereocenters. The lowest BCUT2D eigenvalue weighted by molar-refractivity contribution is 0.0964. The van der Waals surface area contributed by atoms with Gasteiger partial charge in [0.2, 0.25) is 0 Å². The van der Waals surface area contributed by atoms with Crippen molar-refractivity contribution < 1.29 is 9.53 Å². The number of methoxy groups -OCH3 is 1. The number of carbonyl (C=O) groups excluding carboxylic acids is 1. The molecule has 0 amide bonds. The zero-order valence-corrected chi connectivity index (χ0v) is 9.70. The second-order valence-electron chi connectivity index (χ2n) is 3.50. The minimum atomic E-state index is -0.151. The molecule has 0 saturated carbocycles. The maximum atomic E-state index is 12.0. The maximum Gasteiger partial charge on any atom is 0.252 e. The quantitative estimate of drug-likeness (QED) is 0.748. The van der Waals surface area contributed by atoms with Gasteiger partial charge >= 0.3 is 0 Å². The van der Waals surface area contributed by atoms with E-state index in [0.717, 1.165) is 0 Å². The van der Waals surface area contributed by atoms with Crippen LogP contribution in [0.25, 0.3) is 0 Å². The van der Waals surface area contributed by atoms with Crippen LogP contribution in [-0.4, -0.2) is 27.7 Å². The molecule has 2 aromatic rings. The van der Waals surface area contributed by atoms with Gasteiger partial charge in [-0.3, -0.25) is 4.79 Å². The molecule has 90 valence electrons. The summed E-state index contributed by atoms with van der Waals surface area (Å²) in [6.07, 6.45) is 1.35. The number of ketones is 1. The van der Waals surface area contributed by atoms with Gasteiger partial charge in [-0.25, -0.2) is 9.67 Å². The molecule has 1 aromatic heterocycles. The van der Waals surface area contributed by atoms with Crippen LogP contribution >= 0.6 is 0 Å².